The fraction of sp³-hybridized carbons (Fsp3) is 0.308. The molecule has 0 aliphatic rings. The van der Waals surface area contributed by atoms with Crippen molar-refractivity contribution < 1.29 is 9.53 Å². The maximum Gasteiger partial charge on any atom is 0.169 e. The number of rotatable bonds is 4. The largest absolute Gasteiger partial charge is 0.482 e. The lowest BCUT2D eigenvalue weighted by atomic mass is 10.2. The topological polar surface area (TPSA) is 26.3 Å². The summed E-state index contributed by atoms with van der Waals surface area (Å²) in [6.07, 6.45) is 3.51. The van der Waals surface area contributed by atoms with Gasteiger partial charge in [-0.1, -0.05) is 30.4 Å². The predicted octanol–water partition coefficient (Wildman–Crippen LogP) is 3.08. The smallest absolute Gasteiger partial charge is 0.169 e. The van der Waals surface area contributed by atoms with E-state index in [2.05, 4.69) is 0 Å². The normalized spacial score (nSPS) is 12.7. The summed E-state index contributed by atoms with van der Waals surface area (Å²) in [5.74, 6) is 0.781. The summed E-state index contributed by atoms with van der Waals surface area (Å²) >= 11 is 0. The van der Waals surface area contributed by atoms with Crippen LogP contribution in [0.3, 0.4) is 0 Å². The van der Waals surface area contributed by atoms with Gasteiger partial charge >= 0.3 is 0 Å². The van der Waals surface area contributed by atoms with E-state index in [1.165, 1.54) is 6.92 Å². The lowest BCUT2D eigenvalue weighted by molar-refractivity contribution is -0.122. The first kappa shape index (κ1) is 11.5. The molecular formula is C13H16O2. The van der Waals surface area contributed by atoms with Crippen LogP contribution in [-0.4, -0.2) is 11.9 Å². The second-order valence-electron chi connectivity index (χ2n) is 3.41. The lowest BCUT2D eigenvalue weighted by Crippen LogP contribution is -2.20. The molecule has 0 radical (unpaired) electrons. The third-order valence-corrected chi connectivity index (χ3v) is 2.14. The van der Waals surface area contributed by atoms with Crippen LogP contribution in [0.15, 0.2) is 30.3 Å². The van der Waals surface area contributed by atoms with E-state index in [0.29, 0.717) is 0 Å². The third kappa shape index (κ3) is 3.24. The van der Waals surface area contributed by atoms with Crippen LogP contribution in [0.2, 0.25) is 0 Å². The van der Waals surface area contributed by atoms with Gasteiger partial charge in [-0.05, 0) is 26.8 Å². The molecule has 0 amide bonds. The van der Waals surface area contributed by atoms with Crippen molar-refractivity contribution in [2.45, 2.75) is 26.9 Å². The zero-order valence-corrected chi connectivity index (χ0v) is 9.36. The zero-order valence-electron chi connectivity index (χ0n) is 9.36. The van der Waals surface area contributed by atoms with Gasteiger partial charge in [-0.15, -0.1) is 0 Å². The Morgan fingerprint density at radius 2 is 2.07 bits per heavy atom. The molecule has 15 heavy (non-hydrogen) atoms. The average Bonchev–Trinajstić information content (AvgIpc) is 2.21. The molecule has 80 valence electrons. The molecule has 0 saturated heterocycles. The van der Waals surface area contributed by atoms with Crippen molar-refractivity contribution in [2.75, 3.05) is 0 Å². The molecule has 0 bridgehead atoms. The van der Waals surface area contributed by atoms with E-state index in [1.807, 2.05) is 43.3 Å². The van der Waals surface area contributed by atoms with Crippen LogP contribution < -0.4 is 4.74 Å². The number of ether oxygens (including phenoxy) is 1. The van der Waals surface area contributed by atoms with Crippen molar-refractivity contribution in [3.63, 3.8) is 0 Å². The van der Waals surface area contributed by atoms with Gasteiger partial charge < -0.3 is 4.74 Å². The first-order valence-corrected chi connectivity index (χ1v) is 5.04. The summed E-state index contributed by atoms with van der Waals surface area (Å²) in [7, 11) is 0. The number of para-hydroxylation sites is 1. The van der Waals surface area contributed by atoms with Crippen LogP contribution in [-0.2, 0) is 4.79 Å². The molecule has 1 rings (SSSR count). The summed E-state index contributed by atoms with van der Waals surface area (Å²) in [5.41, 5.74) is 0.994. The molecule has 0 heterocycles. The van der Waals surface area contributed by atoms with E-state index in [-0.39, 0.29) is 5.78 Å². The predicted molar refractivity (Wildman–Crippen MR) is 61.9 cm³/mol. The number of Topliss-reactive ketones (excluding diaryl/α,β-unsaturated/α-hetero) is 1. The monoisotopic (exact) mass is 204 g/mol. The first-order valence-electron chi connectivity index (χ1n) is 5.04. The van der Waals surface area contributed by atoms with E-state index in [4.69, 9.17) is 4.74 Å². The Kier molecular flexibility index (Phi) is 4.10. The molecule has 1 atom stereocenters. The quantitative estimate of drug-likeness (QED) is 0.753. The van der Waals surface area contributed by atoms with Crippen molar-refractivity contribution >= 4 is 11.9 Å². The first-order chi connectivity index (χ1) is 7.15. The van der Waals surface area contributed by atoms with Crippen LogP contribution >= 0.6 is 0 Å². The number of hydrogen-bond acceptors (Lipinski definition) is 2. The van der Waals surface area contributed by atoms with Gasteiger partial charge in [-0.3, -0.25) is 4.79 Å². The zero-order chi connectivity index (χ0) is 11.3. The molecule has 2 heteroatoms. The Bertz CT molecular complexity index is 367. The van der Waals surface area contributed by atoms with Gasteiger partial charge in [0, 0.05) is 5.56 Å². The van der Waals surface area contributed by atoms with Gasteiger partial charge in [0.15, 0.2) is 11.9 Å². The summed E-state index contributed by atoms with van der Waals surface area (Å²) in [4.78, 5) is 11.1. The van der Waals surface area contributed by atoms with Crippen LogP contribution in [0.5, 0.6) is 5.75 Å². The number of hydrogen-bond donors (Lipinski definition) is 0. The molecule has 0 fully saturated rings. The maximum absolute atomic E-state index is 11.1. The van der Waals surface area contributed by atoms with E-state index in [1.54, 1.807) is 6.92 Å². The molecule has 0 N–H and O–H groups in total. The van der Waals surface area contributed by atoms with Gasteiger partial charge in [0.1, 0.15) is 5.75 Å². The molecule has 0 spiro atoms. The molecular weight excluding hydrogens is 188 g/mol. The Morgan fingerprint density at radius 1 is 1.40 bits per heavy atom. The second kappa shape index (κ2) is 5.35. The van der Waals surface area contributed by atoms with Crippen LogP contribution in [0.1, 0.15) is 26.3 Å². The number of allylic oxidation sites excluding steroid dienone is 1. The fourth-order valence-corrected chi connectivity index (χ4v) is 1.18. The van der Waals surface area contributed by atoms with E-state index in [9.17, 15) is 4.79 Å². The van der Waals surface area contributed by atoms with Crippen molar-refractivity contribution in [2.24, 2.45) is 0 Å². The average molecular weight is 204 g/mol. The van der Waals surface area contributed by atoms with Crippen molar-refractivity contribution in [1.29, 1.82) is 0 Å². The minimum absolute atomic E-state index is 0.0327. The van der Waals surface area contributed by atoms with Crippen LogP contribution in [0, 0.1) is 0 Å². The summed E-state index contributed by atoms with van der Waals surface area (Å²) in [5, 5.41) is 0. The third-order valence-electron chi connectivity index (χ3n) is 2.14. The summed E-state index contributed by atoms with van der Waals surface area (Å²) in [6, 6.07) is 7.67. The van der Waals surface area contributed by atoms with Crippen LogP contribution in [0.4, 0.5) is 0 Å². The Hall–Kier alpha value is -1.57. The molecule has 0 aromatic heterocycles. The number of ketones is 1. The summed E-state index contributed by atoms with van der Waals surface area (Å²) < 4.78 is 5.56. The van der Waals surface area contributed by atoms with Gasteiger partial charge in [0.2, 0.25) is 0 Å². The Balaban J connectivity index is 2.88. The second-order valence-corrected chi connectivity index (χ2v) is 3.41. The highest BCUT2D eigenvalue weighted by Gasteiger charge is 2.10. The van der Waals surface area contributed by atoms with E-state index in [0.717, 1.165) is 11.3 Å². The number of carbonyl (C=O) groups excluding carboxylic acids is 1. The molecule has 0 aliphatic carbocycles. The number of benzene rings is 1. The maximum atomic E-state index is 11.1. The van der Waals surface area contributed by atoms with E-state index >= 15 is 0 Å². The summed E-state index contributed by atoms with van der Waals surface area (Å²) in [6.45, 7) is 5.24. The molecule has 1 aromatic carbocycles. The highest BCUT2D eigenvalue weighted by molar-refractivity contribution is 5.80. The van der Waals surface area contributed by atoms with Crippen molar-refractivity contribution in [1.82, 2.24) is 0 Å². The highest BCUT2D eigenvalue weighted by atomic mass is 16.5. The molecule has 1 aromatic rings. The molecule has 1 unspecified atom stereocenters. The van der Waals surface area contributed by atoms with Crippen LogP contribution in [0.25, 0.3) is 6.08 Å². The Labute approximate surface area is 90.6 Å². The van der Waals surface area contributed by atoms with Crippen molar-refractivity contribution in [3.05, 3.63) is 35.9 Å². The van der Waals surface area contributed by atoms with Crippen molar-refractivity contribution in [3.8, 4) is 5.75 Å². The minimum atomic E-state index is -0.392. The number of carbonyl (C=O) groups is 1. The van der Waals surface area contributed by atoms with Gasteiger partial charge in [-0.2, -0.15) is 0 Å². The molecule has 2 nitrogen and oxygen atoms in total. The fourth-order valence-electron chi connectivity index (χ4n) is 1.18. The van der Waals surface area contributed by atoms with Gasteiger partial charge in [0.05, 0.1) is 0 Å². The molecule has 0 saturated carbocycles. The Morgan fingerprint density at radius 3 is 2.67 bits per heavy atom. The molecule has 0 aliphatic heterocycles. The highest BCUT2D eigenvalue weighted by Crippen LogP contribution is 2.20. The standard InChI is InChI=1S/C13H16O2/c1-4-7-12-8-5-6-9-13(12)15-11(3)10(2)14/h4-9,11H,1-3H3/b7-4+. The minimum Gasteiger partial charge on any atom is -0.482 e. The van der Waals surface area contributed by atoms with E-state index < -0.39 is 6.10 Å². The SMILES string of the molecule is C/C=C/c1ccccc1OC(C)C(C)=O. The lowest BCUT2D eigenvalue weighted by Gasteiger charge is -2.13. The van der Waals surface area contributed by atoms with Gasteiger partial charge in [-0.25, -0.2) is 0 Å². The van der Waals surface area contributed by atoms with Gasteiger partial charge in [0.25, 0.3) is 0 Å².